The summed E-state index contributed by atoms with van der Waals surface area (Å²) in [6, 6.07) is 0. The Labute approximate surface area is 87.6 Å². The average molecular weight is 194 g/mol. The van der Waals surface area contributed by atoms with Crippen LogP contribution in [0.4, 0.5) is 0 Å². The fourth-order valence-electron chi connectivity index (χ4n) is 2.23. The molecule has 1 nitrogen and oxygen atoms in total. The molecule has 1 aliphatic carbocycles. The van der Waals surface area contributed by atoms with Crippen LogP contribution in [0, 0.1) is 5.92 Å². The van der Waals surface area contributed by atoms with Crippen molar-refractivity contribution >= 4 is 5.78 Å². The third-order valence-electron chi connectivity index (χ3n) is 3.17. The van der Waals surface area contributed by atoms with Crippen LogP contribution in [0.15, 0.2) is 12.7 Å². The van der Waals surface area contributed by atoms with Gasteiger partial charge in [-0.2, -0.15) is 0 Å². The van der Waals surface area contributed by atoms with Gasteiger partial charge >= 0.3 is 0 Å². The van der Waals surface area contributed by atoms with Gasteiger partial charge in [0.2, 0.25) is 0 Å². The van der Waals surface area contributed by atoms with Gasteiger partial charge in [0.05, 0.1) is 0 Å². The molecule has 0 radical (unpaired) electrons. The topological polar surface area (TPSA) is 17.1 Å². The summed E-state index contributed by atoms with van der Waals surface area (Å²) >= 11 is 0. The largest absolute Gasteiger partial charge is 0.300 e. The van der Waals surface area contributed by atoms with Crippen molar-refractivity contribution in [1.82, 2.24) is 0 Å². The lowest BCUT2D eigenvalue weighted by Crippen LogP contribution is -2.01. The van der Waals surface area contributed by atoms with Gasteiger partial charge in [0.1, 0.15) is 5.78 Å². The van der Waals surface area contributed by atoms with E-state index in [4.69, 9.17) is 0 Å². The quantitative estimate of drug-likeness (QED) is 0.444. The average Bonchev–Trinajstić information content (AvgIpc) is 2.68. The van der Waals surface area contributed by atoms with Crippen LogP contribution in [0.3, 0.4) is 0 Å². The lowest BCUT2D eigenvalue weighted by molar-refractivity contribution is -0.119. The normalized spacial score (nSPS) is 17.1. The number of carbonyl (C=O) groups is 1. The molecule has 0 saturated heterocycles. The molecule has 1 rings (SSSR count). The van der Waals surface area contributed by atoms with E-state index in [9.17, 15) is 4.79 Å². The number of allylic oxidation sites excluding steroid dienone is 1. The van der Waals surface area contributed by atoms with E-state index in [1.807, 2.05) is 6.08 Å². The first-order chi connectivity index (χ1) is 6.83. The highest BCUT2D eigenvalue weighted by Gasteiger charge is 2.15. The monoisotopic (exact) mass is 194 g/mol. The highest BCUT2D eigenvalue weighted by Crippen LogP contribution is 2.28. The molecule has 0 amide bonds. The Kier molecular flexibility index (Phi) is 5.58. The van der Waals surface area contributed by atoms with E-state index >= 15 is 0 Å². The molecule has 0 atom stereocenters. The summed E-state index contributed by atoms with van der Waals surface area (Å²) in [6.07, 6.45) is 12.1. The lowest BCUT2D eigenvalue weighted by atomic mass is 9.98. The van der Waals surface area contributed by atoms with Crippen LogP contribution in [0.25, 0.3) is 0 Å². The van der Waals surface area contributed by atoms with Crippen molar-refractivity contribution < 1.29 is 4.79 Å². The maximum atomic E-state index is 11.4. The molecule has 0 bridgehead atoms. The summed E-state index contributed by atoms with van der Waals surface area (Å²) in [5, 5.41) is 0. The first kappa shape index (κ1) is 11.5. The van der Waals surface area contributed by atoms with E-state index in [0.717, 1.165) is 38.0 Å². The summed E-state index contributed by atoms with van der Waals surface area (Å²) in [5.41, 5.74) is 0. The fraction of sp³-hybridized carbons (Fsp3) is 0.769. The zero-order chi connectivity index (χ0) is 10.2. The smallest absolute Gasteiger partial charge is 0.132 e. The first-order valence-electron chi connectivity index (χ1n) is 5.95. The van der Waals surface area contributed by atoms with Gasteiger partial charge in [-0.25, -0.2) is 0 Å². The van der Waals surface area contributed by atoms with Gasteiger partial charge in [-0.15, -0.1) is 6.58 Å². The SMILES string of the molecule is C=CCCCC(=O)CCC1CCCC1. The molecule has 1 aliphatic rings. The number of carbonyl (C=O) groups excluding carboxylic acids is 1. The molecule has 0 aromatic carbocycles. The molecule has 1 heteroatoms. The number of Topliss-reactive ketones (excluding diaryl/α,β-unsaturated/α-hetero) is 1. The van der Waals surface area contributed by atoms with Crippen LogP contribution in [-0.4, -0.2) is 5.78 Å². The first-order valence-corrected chi connectivity index (χ1v) is 5.95. The zero-order valence-corrected chi connectivity index (χ0v) is 9.13. The van der Waals surface area contributed by atoms with Crippen LogP contribution in [-0.2, 0) is 4.79 Å². The van der Waals surface area contributed by atoms with Crippen molar-refractivity contribution in [3.05, 3.63) is 12.7 Å². The van der Waals surface area contributed by atoms with E-state index in [0.29, 0.717) is 5.78 Å². The molecule has 80 valence electrons. The highest BCUT2D eigenvalue weighted by atomic mass is 16.1. The minimum absolute atomic E-state index is 0.457. The fourth-order valence-corrected chi connectivity index (χ4v) is 2.23. The Morgan fingerprint density at radius 3 is 2.64 bits per heavy atom. The molecule has 14 heavy (non-hydrogen) atoms. The Morgan fingerprint density at radius 2 is 2.00 bits per heavy atom. The van der Waals surface area contributed by atoms with Gasteiger partial charge in [-0.3, -0.25) is 4.79 Å². The summed E-state index contributed by atoms with van der Waals surface area (Å²) in [5.74, 6) is 1.32. The van der Waals surface area contributed by atoms with Crippen LogP contribution < -0.4 is 0 Å². The highest BCUT2D eigenvalue weighted by molar-refractivity contribution is 5.78. The molecule has 1 fully saturated rings. The molecule has 0 spiro atoms. The molecule has 0 aromatic rings. The molecule has 0 aliphatic heterocycles. The van der Waals surface area contributed by atoms with E-state index in [2.05, 4.69) is 6.58 Å². The van der Waals surface area contributed by atoms with Gasteiger partial charge < -0.3 is 0 Å². The van der Waals surface area contributed by atoms with Crippen molar-refractivity contribution in [2.24, 2.45) is 5.92 Å². The second-order valence-corrected chi connectivity index (χ2v) is 4.41. The van der Waals surface area contributed by atoms with Crippen molar-refractivity contribution in [2.75, 3.05) is 0 Å². The van der Waals surface area contributed by atoms with E-state index in [-0.39, 0.29) is 0 Å². The van der Waals surface area contributed by atoms with E-state index in [1.165, 1.54) is 25.7 Å². The molecule has 0 unspecified atom stereocenters. The number of rotatable bonds is 7. The van der Waals surface area contributed by atoms with Crippen LogP contribution in [0.2, 0.25) is 0 Å². The minimum atomic E-state index is 0.457. The number of hydrogen-bond acceptors (Lipinski definition) is 1. The summed E-state index contributed by atoms with van der Waals surface area (Å²) in [7, 11) is 0. The molecule has 0 N–H and O–H groups in total. The lowest BCUT2D eigenvalue weighted by Gasteiger charge is -2.06. The van der Waals surface area contributed by atoms with Crippen molar-refractivity contribution in [3.63, 3.8) is 0 Å². The number of hydrogen-bond donors (Lipinski definition) is 0. The van der Waals surface area contributed by atoms with Gasteiger partial charge in [-0.05, 0) is 25.2 Å². The number of ketones is 1. The second-order valence-electron chi connectivity index (χ2n) is 4.41. The second kappa shape index (κ2) is 6.80. The zero-order valence-electron chi connectivity index (χ0n) is 9.13. The van der Waals surface area contributed by atoms with Gasteiger partial charge in [0, 0.05) is 12.8 Å². The molecule has 0 aromatic heterocycles. The van der Waals surface area contributed by atoms with Gasteiger partial charge in [0.15, 0.2) is 0 Å². The summed E-state index contributed by atoms with van der Waals surface area (Å²) in [6.45, 7) is 3.66. The Hall–Kier alpha value is -0.590. The van der Waals surface area contributed by atoms with Crippen molar-refractivity contribution in [1.29, 1.82) is 0 Å². The summed E-state index contributed by atoms with van der Waals surface area (Å²) < 4.78 is 0. The van der Waals surface area contributed by atoms with E-state index < -0.39 is 0 Å². The Balaban J connectivity index is 1.99. The molecule has 1 saturated carbocycles. The standard InChI is InChI=1S/C13H22O/c1-2-3-4-9-13(14)11-10-12-7-5-6-8-12/h2,12H,1,3-11H2. The maximum Gasteiger partial charge on any atom is 0.132 e. The van der Waals surface area contributed by atoms with Crippen LogP contribution >= 0.6 is 0 Å². The predicted molar refractivity (Wildman–Crippen MR) is 60.2 cm³/mol. The van der Waals surface area contributed by atoms with Crippen molar-refractivity contribution in [3.8, 4) is 0 Å². The number of unbranched alkanes of at least 4 members (excludes halogenated alkanes) is 1. The third-order valence-corrected chi connectivity index (χ3v) is 3.17. The van der Waals surface area contributed by atoms with Crippen molar-refractivity contribution in [2.45, 2.75) is 57.8 Å². The maximum absolute atomic E-state index is 11.4. The molecular weight excluding hydrogens is 172 g/mol. The molecular formula is C13H22O. The predicted octanol–water partition coefficient (Wildman–Crippen LogP) is 3.88. The summed E-state index contributed by atoms with van der Waals surface area (Å²) in [4.78, 5) is 11.4. The van der Waals surface area contributed by atoms with Gasteiger partial charge in [0.25, 0.3) is 0 Å². The Bertz CT molecular complexity index is 178. The third kappa shape index (κ3) is 4.59. The van der Waals surface area contributed by atoms with Gasteiger partial charge in [-0.1, -0.05) is 31.8 Å². The van der Waals surface area contributed by atoms with Crippen LogP contribution in [0.5, 0.6) is 0 Å². The van der Waals surface area contributed by atoms with E-state index in [1.54, 1.807) is 0 Å². The van der Waals surface area contributed by atoms with Crippen LogP contribution in [0.1, 0.15) is 57.8 Å². The minimum Gasteiger partial charge on any atom is -0.300 e. The Morgan fingerprint density at radius 1 is 1.29 bits per heavy atom. The molecule has 0 heterocycles.